The minimum atomic E-state index is 0.0584. The second-order valence-electron chi connectivity index (χ2n) is 5.06. The van der Waals surface area contributed by atoms with Crippen LogP contribution in [0, 0.1) is 0 Å². The third kappa shape index (κ3) is 3.55. The molecule has 0 bridgehead atoms. The summed E-state index contributed by atoms with van der Waals surface area (Å²) in [5.41, 5.74) is 7.05. The monoisotopic (exact) mass is 233 g/mol. The van der Waals surface area contributed by atoms with Crippen LogP contribution in [0.4, 0.5) is 0 Å². The van der Waals surface area contributed by atoms with E-state index in [1.165, 1.54) is 37.7 Å². The van der Waals surface area contributed by atoms with Crippen molar-refractivity contribution in [2.75, 3.05) is 6.54 Å². The third-order valence-corrected chi connectivity index (χ3v) is 3.75. The lowest BCUT2D eigenvalue weighted by atomic mass is 9.82. The summed E-state index contributed by atoms with van der Waals surface area (Å²) in [5.74, 6) is 0. The zero-order chi connectivity index (χ0) is 12.0. The molecule has 1 aromatic rings. The third-order valence-electron chi connectivity index (χ3n) is 3.75. The number of rotatable bonds is 5. The Morgan fingerprint density at radius 3 is 2.41 bits per heavy atom. The van der Waals surface area contributed by atoms with Gasteiger partial charge in [0, 0.05) is 0 Å². The van der Waals surface area contributed by atoms with Crippen LogP contribution in [-0.4, -0.2) is 12.1 Å². The van der Waals surface area contributed by atoms with E-state index in [9.17, 15) is 0 Å². The lowest BCUT2D eigenvalue weighted by Crippen LogP contribution is -2.37. The van der Waals surface area contributed by atoms with Gasteiger partial charge in [-0.15, -0.1) is 0 Å². The molecule has 2 rings (SSSR count). The van der Waals surface area contributed by atoms with Crippen molar-refractivity contribution in [3.63, 3.8) is 0 Å². The van der Waals surface area contributed by atoms with Gasteiger partial charge < -0.3 is 10.5 Å². The van der Waals surface area contributed by atoms with Crippen molar-refractivity contribution in [2.45, 2.75) is 50.7 Å². The van der Waals surface area contributed by atoms with Gasteiger partial charge in [0.15, 0.2) is 0 Å². The molecule has 1 aliphatic carbocycles. The van der Waals surface area contributed by atoms with Crippen molar-refractivity contribution in [1.29, 1.82) is 0 Å². The number of hydrogen-bond donors (Lipinski definition) is 1. The van der Waals surface area contributed by atoms with Gasteiger partial charge in [0.05, 0.1) is 12.2 Å². The fraction of sp³-hybridized carbons (Fsp3) is 0.600. The smallest absolute Gasteiger partial charge is 0.0724 e. The lowest BCUT2D eigenvalue weighted by Gasteiger charge is -2.37. The first-order valence-electron chi connectivity index (χ1n) is 6.73. The summed E-state index contributed by atoms with van der Waals surface area (Å²) in [6.07, 6.45) is 7.28. The van der Waals surface area contributed by atoms with Crippen molar-refractivity contribution >= 4 is 0 Å². The number of ether oxygens (including phenoxy) is 1. The van der Waals surface area contributed by atoms with Gasteiger partial charge in [-0.2, -0.15) is 0 Å². The zero-order valence-corrected chi connectivity index (χ0v) is 10.5. The largest absolute Gasteiger partial charge is 0.370 e. The van der Waals surface area contributed by atoms with E-state index >= 15 is 0 Å². The van der Waals surface area contributed by atoms with Gasteiger partial charge in [0.25, 0.3) is 0 Å². The van der Waals surface area contributed by atoms with Crippen molar-refractivity contribution in [1.82, 2.24) is 0 Å². The van der Waals surface area contributed by atoms with E-state index < -0.39 is 0 Å². The summed E-state index contributed by atoms with van der Waals surface area (Å²) < 4.78 is 6.22. The van der Waals surface area contributed by atoms with Gasteiger partial charge in [-0.1, -0.05) is 49.6 Å². The number of hydrogen-bond acceptors (Lipinski definition) is 2. The molecule has 0 radical (unpaired) electrons. The Morgan fingerprint density at radius 2 is 1.76 bits per heavy atom. The maximum Gasteiger partial charge on any atom is 0.0724 e. The molecule has 1 fully saturated rings. The SMILES string of the molecule is NCCC1(OCc2ccccc2)CCCCC1. The Hall–Kier alpha value is -0.860. The van der Waals surface area contributed by atoms with Gasteiger partial charge in [-0.3, -0.25) is 0 Å². The van der Waals surface area contributed by atoms with Crippen molar-refractivity contribution in [3.05, 3.63) is 35.9 Å². The van der Waals surface area contributed by atoms with E-state index in [2.05, 4.69) is 24.3 Å². The van der Waals surface area contributed by atoms with Crippen LogP contribution in [0.3, 0.4) is 0 Å². The molecule has 0 spiro atoms. The lowest BCUT2D eigenvalue weighted by molar-refractivity contribution is -0.0840. The van der Waals surface area contributed by atoms with Gasteiger partial charge in [-0.05, 0) is 31.4 Å². The quantitative estimate of drug-likeness (QED) is 0.847. The second-order valence-corrected chi connectivity index (χ2v) is 5.06. The van der Waals surface area contributed by atoms with Gasteiger partial charge in [0.1, 0.15) is 0 Å². The summed E-state index contributed by atoms with van der Waals surface area (Å²) in [6.45, 7) is 1.45. The molecule has 0 aromatic heterocycles. The summed E-state index contributed by atoms with van der Waals surface area (Å²) in [6, 6.07) is 10.4. The van der Waals surface area contributed by atoms with Crippen LogP contribution in [0.15, 0.2) is 30.3 Å². The first-order chi connectivity index (χ1) is 8.35. The molecule has 0 heterocycles. The Balaban J connectivity index is 1.93. The van der Waals surface area contributed by atoms with Crippen LogP contribution < -0.4 is 5.73 Å². The van der Waals surface area contributed by atoms with E-state index in [1.807, 2.05) is 6.07 Å². The topological polar surface area (TPSA) is 35.2 Å². The highest BCUT2D eigenvalue weighted by Gasteiger charge is 2.31. The standard InChI is InChI=1S/C15H23NO/c16-12-11-15(9-5-2-6-10-15)17-13-14-7-3-1-4-8-14/h1,3-4,7-8H,2,5-6,9-13,16H2. The molecule has 0 amide bonds. The molecule has 94 valence electrons. The number of benzene rings is 1. The highest BCUT2D eigenvalue weighted by Crippen LogP contribution is 2.34. The Morgan fingerprint density at radius 1 is 1.06 bits per heavy atom. The molecular weight excluding hydrogens is 210 g/mol. The predicted octanol–water partition coefficient (Wildman–Crippen LogP) is 3.25. The molecule has 0 saturated heterocycles. The fourth-order valence-electron chi connectivity index (χ4n) is 2.74. The maximum absolute atomic E-state index is 6.22. The van der Waals surface area contributed by atoms with E-state index in [1.54, 1.807) is 0 Å². The van der Waals surface area contributed by atoms with Crippen molar-refractivity contribution in [3.8, 4) is 0 Å². The summed E-state index contributed by atoms with van der Waals surface area (Å²) in [4.78, 5) is 0. The molecule has 0 unspecified atom stereocenters. The molecule has 2 N–H and O–H groups in total. The van der Waals surface area contributed by atoms with Gasteiger partial charge in [0.2, 0.25) is 0 Å². The minimum Gasteiger partial charge on any atom is -0.370 e. The fourth-order valence-corrected chi connectivity index (χ4v) is 2.74. The van der Waals surface area contributed by atoms with Crippen LogP contribution in [0.5, 0.6) is 0 Å². The minimum absolute atomic E-state index is 0.0584. The predicted molar refractivity (Wildman–Crippen MR) is 70.7 cm³/mol. The molecule has 0 atom stereocenters. The average Bonchev–Trinajstić information content (AvgIpc) is 2.39. The first kappa shape index (κ1) is 12.6. The van der Waals surface area contributed by atoms with Crippen LogP contribution in [-0.2, 0) is 11.3 Å². The van der Waals surface area contributed by atoms with Crippen LogP contribution in [0.1, 0.15) is 44.1 Å². The van der Waals surface area contributed by atoms with Crippen LogP contribution >= 0.6 is 0 Å². The van der Waals surface area contributed by atoms with E-state index in [0.717, 1.165) is 19.6 Å². The Bertz CT molecular complexity index is 311. The molecule has 0 aliphatic heterocycles. The first-order valence-corrected chi connectivity index (χ1v) is 6.73. The summed E-state index contributed by atoms with van der Waals surface area (Å²) in [7, 11) is 0. The molecule has 2 nitrogen and oxygen atoms in total. The molecule has 1 aliphatic rings. The van der Waals surface area contributed by atoms with Crippen LogP contribution in [0.25, 0.3) is 0 Å². The Kier molecular flexibility index (Phi) is 4.57. The van der Waals surface area contributed by atoms with Crippen molar-refractivity contribution < 1.29 is 4.74 Å². The molecular formula is C15H23NO. The van der Waals surface area contributed by atoms with Gasteiger partial charge >= 0.3 is 0 Å². The highest BCUT2D eigenvalue weighted by atomic mass is 16.5. The van der Waals surface area contributed by atoms with Crippen LogP contribution in [0.2, 0.25) is 0 Å². The van der Waals surface area contributed by atoms with Crippen molar-refractivity contribution in [2.24, 2.45) is 5.73 Å². The molecule has 1 aromatic carbocycles. The zero-order valence-electron chi connectivity index (χ0n) is 10.5. The Labute approximate surface area is 104 Å². The summed E-state index contributed by atoms with van der Waals surface area (Å²) >= 11 is 0. The molecule has 2 heteroatoms. The van der Waals surface area contributed by atoms with E-state index in [-0.39, 0.29) is 5.60 Å². The second kappa shape index (κ2) is 6.18. The maximum atomic E-state index is 6.22. The summed E-state index contributed by atoms with van der Waals surface area (Å²) in [5, 5.41) is 0. The molecule has 1 saturated carbocycles. The van der Waals surface area contributed by atoms with Gasteiger partial charge in [-0.25, -0.2) is 0 Å². The normalized spacial score (nSPS) is 19.1. The van der Waals surface area contributed by atoms with E-state index in [4.69, 9.17) is 10.5 Å². The average molecular weight is 233 g/mol. The number of nitrogens with two attached hydrogens (primary N) is 1. The molecule has 17 heavy (non-hydrogen) atoms. The highest BCUT2D eigenvalue weighted by molar-refractivity contribution is 5.13. The van der Waals surface area contributed by atoms with E-state index in [0.29, 0.717) is 0 Å².